The van der Waals surface area contributed by atoms with Gasteiger partial charge in [-0.15, -0.1) is 10.2 Å². The predicted octanol–water partition coefficient (Wildman–Crippen LogP) is 2.13. The molecule has 1 saturated carbocycles. The fourth-order valence-corrected chi connectivity index (χ4v) is 4.37. The van der Waals surface area contributed by atoms with Gasteiger partial charge in [0.1, 0.15) is 5.82 Å². The molecule has 1 aromatic carbocycles. The summed E-state index contributed by atoms with van der Waals surface area (Å²) in [5.74, 6) is 2.53. The van der Waals surface area contributed by atoms with E-state index in [4.69, 9.17) is 11.6 Å². The van der Waals surface area contributed by atoms with Gasteiger partial charge in [0.15, 0.2) is 0 Å². The summed E-state index contributed by atoms with van der Waals surface area (Å²) in [5, 5.41) is 12.3. The van der Waals surface area contributed by atoms with Crippen molar-refractivity contribution in [2.45, 2.75) is 38.4 Å². The molecule has 2 atom stereocenters. The van der Waals surface area contributed by atoms with Crippen LogP contribution < -0.4 is 5.32 Å². The molecule has 0 bridgehead atoms. The van der Waals surface area contributed by atoms with Gasteiger partial charge in [0.25, 0.3) is 5.91 Å². The maximum Gasteiger partial charge on any atom is 0.289 e. The Morgan fingerprint density at radius 2 is 1.88 bits per heavy atom. The fourth-order valence-electron chi connectivity index (χ4n) is 4.24. The zero-order valence-corrected chi connectivity index (χ0v) is 15.3. The van der Waals surface area contributed by atoms with Crippen LogP contribution in [0.2, 0.25) is 5.02 Å². The SMILES string of the molecule is O=C(NC1CC1)c1nnc2n1C[C@H]1CN(Cc3ccc(Cl)cc3)C[C@@H]1C2. The van der Waals surface area contributed by atoms with Gasteiger partial charge in [0.05, 0.1) is 0 Å². The van der Waals surface area contributed by atoms with Crippen LogP contribution in [-0.4, -0.2) is 44.7 Å². The molecule has 0 unspecified atom stereocenters. The van der Waals surface area contributed by atoms with E-state index >= 15 is 0 Å². The third kappa shape index (κ3) is 3.12. The third-order valence-corrected chi connectivity index (χ3v) is 6.03. The zero-order valence-electron chi connectivity index (χ0n) is 14.6. The predicted molar refractivity (Wildman–Crippen MR) is 97.9 cm³/mol. The van der Waals surface area contributed by atoms with E-state index in [2.05, 4.69) is 32.5 Å². The third-order valence-electron chi connectivity index (χ3n) is 5.78. The van der Waals surface area contributed by atoms with Crippen LogP contribution in [0.15, 0.2) is 24.3 Å². The van der Waals surface area contributed by atoms with E-state index in [1.807, 2.05) is 16.7 Å². The molecule has 1 aromatic heterocycles. The first-order chi connectivity index (χ1) is 12.7. The molecule has 5 rings (SSSR count). The van der Waals surface area contributed by atoms with Gasteiger partial charge >= 0.3 is 0 Å². The number of benzene rings is 1. The van der Waals surface area contributed by atoms with Crippen molar-refractivity contribution in [1.29, 1.82) is 0 Å². The molecule has 26 heavy (non-hydrogen) atoms. The highest BCUT2D eigenvalue weighted by atomic mass is 35.5. The summed E-state index contributed by atoms with van der Waals surface area (Å²) < 4.78 is 2.05. The molecule has 136 valence electrons. The lowest BCUT2D eigenvalue weighted by atomic mass is 9.89. The molecule has 0 radical (unpaired) electrons. The number of rotatable bonds is 4. The molecule has 3 heterocycles. The second kappa shape index (κ2) is 6.35. The summed E-state index contributed by atoms with van der Waals surface area (Å²) in [5.41, 5.74) is 1.29. The number of amides is 1. The second-order valence-electron chi connectivity index (χ2n) is 7.84. The summed E-state index contributed by atoms with van der Waals surface area (Å²) in [4.78, 5) is 14.9. The number of carbonyl (C=O) groups excluding carboxylic acids is 1. The van der Waals surface area contributed by atoms with Gasteiger partial charge in [-0.2, -0.15) is 0 Å². The monoisotopic (exact) mass is 371 g/mol. The minimum absolute atomic E-state index is 0.0688. The Labute approximate surface area is 157 Å². The Morgan fingerprint density at radius 1 is 1.12 bits per heavy atom. The Hall–Kier alpha value is -1.92. The normalized spacial score (nSPS) is 25.0. The highest BCUT2D eigenvalue weighted by Gasteiger charge is 2.39. The van der Waals surface area contributed by atoms with E-state index in [9.17, 15) is 4.79 Å². The minimum atomic E-state index is -0.0688. The van der Waals surface area contributed by atoms with Crippen LogP contribution in [0.4, 0.5) is 0 Å². The van der Waals surface area contributed by atoms with Crippen LogP contribution >= 0.6 is 11.6 Å². The first-order valence-electron chi connectivity index (χ1n) is 9.35. The summed E-state index contributed by atoms with van der Waals surface area (Å²) >= 11 is 5.98. The molecule has 1 amide bonds. The standard InChI is InChI=1S/C19H22ClN5O/c20-15-3-1-12(2-4-15)8-24-9-13-7-17-22-23-18(19(26)21-16-5-6-16)25(17)11-14(13)10-24/h1-4,13-14,16H,5-11H2,(H,21,26)/t13-,14+/m0/s1. The highest BCUT2D eigenvalue weighted by molar-refractivity contribution is 6.30. The molecule has 2 aromatic rings. The topological polar surface area (TPSA) is 63.1 Å². The first kappa shape index (κ1) is 16.3. The number of aromatic nitrogens is 3. The van der Waals surface area contributed by atoms with Crippen molar-refractivity contribution < 1.29 is 4.79 Å². The summed E-state index contributed by atoms with van der Waals surface area (Å²) in [7, 11) is 0. The first-order valence-corrected chi connectivity index (χ1v) is 9.73. The molecule has 2 fully saturated rings. The van der Waals surface area contributed by atoms with E-state index in [1.165, 1.54) is 5.56 Å². The van der Waals surface area contributed by atoms with Crippen molar-refractivity contribution in [3.8, 4) is 0 Å². The van der Waals surface area contributed by atoms with Crippen LogP contribution in [0.25, 0.3) is 0 Å². The summed E-state index contributed by atoms with van der Waals surface area (Å²) in [6.07, 6.45) is 3.07. The average Bonchev–Trinajstić information content (AvgIpc) is 3.20. The summed E-state index contributed by atoms with van der Waals surface area (Å²) in [6.45, 7) is 3.91. The van der Waals surface area contributed by atoms with Crippen molar-refractivity contribution in [3.05, 3.63) is 46.5 Å². The molecular weight excluding hydrogens is 350 g/mol. The molecule has 1 N–H and O–H groups in total. The van der Waals surface area contributed by atoms with E-state index in [0.29, 0.717) is 23.7 Å². The summed E-state index contributed by atoms with van der Waals surface area (Å²) in [6, 6.07) is 8.44. The largest absolute Gasteiger partial charge is 0.347 e. The van der Waals surface area contributed by atoms with Gasteiger partial charge in [0.2, 0.25) is 5.82 Å². The number of nitrogens with one attached hydrogen (secondary N) is 1. The number of hydrogen-bond acceptors (Lipinski definition) is 4. The zero-order chi connectivity index (χ0) is 17.7. The molecule has 7 heteroatoms. The van der Waals surface area contributed by atoms with Gasteiger partial charge in [-0.3, -0.25) is 9.69 Å². The maximum atomic E-state index is 12.4. The molecule has 1 aliphatic carbocycles. The molecule has 3 aliphatic rings. The maximum absolute atomic E-state index is 12.4. The van der Waals surface area contributed by atoms with E-state index in [-0.39, 0.29) is 5.91 Å². The van der Waals surface area contributed by atoms with Crippen molar-refractivity contribution in [1.82, 2.24) is 25.0 Å². The van der Waals surface area contributed by atoms with Crippen LogP contribution in [0, 0.1) is 11.8 Å². The van der Waals surface area contributed by atoms with Gasteiger partial charge in [-0.1, -0.05) is 23.7 Å². The Bertz CT molecular complexity index is 829. The number of carbonyl (C=O) groups is 1. The van der Waals surface area contributed by atoms with Crippen molar-refractivity contribution in [2.24, 2.45) is 11.8 Å². The second-order valence-corrected chi connectivity index (χ2v) is 8.28. The molecule has 6 nitrogen and oxygen atoms in total. The number of halogens is 1. The van der Waals surface area contributed by atoms with Crippen LogP contribution in [0.3, 0.4) is 0 Å². The molecule has 1 saturated heterocycles. The number of hydrogen-bond donors (Lipinski definition) is 1. The number of nitrogens with zero attached hydrogens (tertiary/aromatic N) is 4. The van der Waals surface area contributed by atoms with Crippen LogP contribution in [0.1, 0.15) is 34.8 Å². The fraction of sp³-hybridized carbons (Fsp3) is 0.526. The average molecular weight is 372 g/mol. The lowest BCUT2D eigenvalue weighted by Gasteiger charge is -2.25. The van der Waals surface area contributed by atoms with Gasteiger partial charge in [-0.25, -0.2) is 0 Å². The Morgan fingerprint density at radius 3 is 2.65 bits per heavy atom. The van der Waals surface area contributed by atoms with Gasteiger partial charge < -0.3 is 9.88 Å². The number of likely N-dealkylation sites (tertiary alicyclic amines) is 1. The number of fused-ring (bicyclic) bond motifs is 2. The highest BCUT2D eigenvalue weighted by Crippen LogP contribution is 2.33. The lowest BCUT2D eigenvalue weighted by Crippen LogP contribution is -2.33. The Kier molecular flexibility index (Phi) is 3.98. The van der Waals surface area contributed by atoms with Crippen molar-refractivity contribution in [2.75, 3.05) is 13.1 Å². The quantitative estimate of drug-likeness (QED) is 0.894. The minimum Gasteiger partial charge on any atom is -0.347 e. The van der Waals surface area contributed by atoms with Gasteiger partial charge in [-0.05, 0) is 42.4 Å². The van der Waals surface area contributed by atoms with E-state index < -0.39 is 0 Å². The van der Waals surface area contributed by atoms with Gasteiger partial charge in [0, 0.05) is 43.7 Å². The van der Waals surface area contributed by atoms with Crippen molar-refractivity contribution >= 4 is 17.5 Å². The lowest BCUT2D eigenvalue weighted by molar-refractivity contribution is 0.0932. The van der Waals surface area contributed by atoms with E-state index in [1.54, 1.807) is 0 Å². The van der Waals surface area contributed by atoms with Crippen molar-refractivity contribution in [3.63, 3.8) is 0 Å². The smallest absolute Gasteiger partial charge is 0.289 e. The van der Waals surface area contributed by atoms with E-state index in [0.717, 1.165) is 56.3 Å². The van der Waals surface area contributed by atoms with Crippen LogP contribution in [0.5, 0.6) is 0 Å². The Balaban J connectivity index is 1.27. The van der Waals surface area contributed by atoms with Crippen LogP contribution in [-0.2, 0) is 19.5 Å². The molecule has 2 aliphatic heterocycles. The molecular formula is C19H22ClN5O. The molecule has 0 spiro atoms.